The Morgan fingerprint density at radius 3 is 1.41 bits per heavy atom. The van der Waals surface area contributed by atoms with Crippen molar-refractivity contribution in [1.29, 1.82) is 0 Å². The number of hydrogen-bond acceptors (Lipinski definition) is 3. The molecule has 306 valence electrons. The third-order valence-corrected chi connectivity index (χ3v) is 14.0. The van der Waals surface area contributed by atoms with E-state index in [4.69, 9.17) is 4.98 Å². The molecule has 0 radical (unpaired) electrons. The van der Waals surface area contributed by atoms with E-state index in [-0.39, 0.29) is 0 Å². The Bertz CT molecular complexity index is 4310. The normalized spacial score (nSPS) is 12.2. The lowest BCUT2D eigenvalue weighted by atomic mass is 10.00. The summed E-state index contributed by atoms with van der Waals surface area (Å²) >= 11 is 0. The van der Waals surface area contributed by atoms with E-state index in [1.807, 2.05) is 0 Å². The summed E-state index contributed by atoms with van der Waals surface area (Å²) in [4.78, 5) is 10.8. The summed E-state index contributed by atoms with van der Waals surface area (Å²) in [5.74, 6) is 0. The summed E-state index contributed by atoms with van der Waals surface area (Å²) in [6, 6.07) is 81.6. The van der Waals surface area contributed by atoms with Gasteiger partial charge >= 0.3 is 0 Å². The quantitative estimate of drug-likeness (QED) is 0.167. The molecule has 0 atom stereocenters. The van der Waals surface area contributed by atoms with E-state index in [0.717, 1.165) is 67.2 Å². The number of aromatic nitrogens is 3. The van der Waals surface area contributed by atoms with Gasteiger partial charge in [-0.15, -0.1) is 0 Å². The van der Waals surface area contributed by atoms with Crippen molar-refractivity contribution >= 4 is 132 Å². The summed E-state index contributed by atoms with van der Waals surface area (Å²) in [6.07, 6.45) is 0. The van der Waals surface area contributed by atoms with Crippen molar-refractivity contribution < 1.29 is 0 Å². The summed E-state index contributed by atoms with van der Waals surface area (Å²) in [7, 11) is 0. The Balaban J connectivity index is 1.14. The van der Waals surface area contributed by atoms with E-state index in [0.29, 0.717) is 0 Å². The third kappa shape index (κ3) is 4.70. The molecule has 0 N–H and O–H groups in total. The van der Waals surface area contributed by atoms with Gasteiger partial charge < -0.3 is 14.2 Å². The van der Waals surface area contributed by atoms with Crippen LogP contribution in [0.25, 0.3) is 98.0 Å². The maximum absolute atomic E-state index is 5.99. The van der Waals surface area contributed by atoms with Gasteiger partial charge in [-0.05, 0) is 94.3 Å². The van der Waals surface area contributed by atoms with Crippen LogP contribution in [0, 0.1) is 0 Å². The summed E-state index contributed by atoms with van der Waals surface area (Å²) in [5, 5.41) is 13.2. The standard InChI is InChI=1S/C61H37N5/c1-5-21-40(22-6-1)63(41-23-7-2-8-24-41)51-34-18-32-46-49-35-38-19-13-16-30-45(38)55-56-52(65(58(46)51)59(49)55)37-50-47-31-17-33-48-54-44-29-15-14-20-39(44)36-53(60(54)66(57(47)48)61(50)62-56)64(42-25-9-3-10-26-42)43-27-11-4-12-28-43/h1-37H. The van der Waals surface area contributed by atoms with E-state index in [1.54, 1.807) is 0 Å². The number of anilines is 6. The molecule has 0 spiro atoms. The first-order valence-corrected chi connectivity index (χ1v) is 22.6. The van der Waals surface area contributed by atoms with Gasteiger partial charge in [-0.25, -0.2) is 4.98 Å². The lowest BCUT2D eigenvalue weighted by Crippen LogP contribution is -2.11. The van der Waals surface area contributed by atoms with Crippen LogP contribution in [0.2, 0.25) is 0 Å². The highest BCUT2D eigenvalue weighted by molar-refractivity contribution is 6.35. The van der Waals surface area contributed by atoms with Gasteiger partial charge in [0.2, 0.25) is 0 Å². The highest BCUT2D eigenvalue weighted by Crippen LogP contribution is 2.51. The number of para-hydroxylation sites is 6. The predicted octanol–water partition coefficient (Wildman–Crippen LogP) is 16.6. The van der Waals surface area contributed by atoms with Crippen molar-refractivity contribution in [3.05, 3.63) is 224 Å². The van der Waals surface area contributed by atoms with E-state index in [9.17, 15) is 0 Å². The fourth-order valence-corrected chi connectivity index (χ4v) is 11.4. The van der Waals surface area contributed by atoms with E-state index >= 15 is 0 Å². The molecule has 5 aromatic heterocycles. The second-order valence-corrected chi connectivity index (χ2v) is 17.5. The fourth-order valence-electron chi connectivity index (χ4n) is 11.4. The van der Waals surface area contributed by atoms with Crippen LogP contribution in [0.3, 0.4) is 0 Å². The molecule has 0 fully saturated rings. The highest BCUT2D eigenvalue weighted by Gasteiger charge is 2.29. The van der Waals surface area contributed by atoms with Crippen LogP contribution in [-0.4, -0.2) is 13.8 Å². The molecule has 0 unspecified atom stereocenters. The topological polar surface area (TPSA) is 28.2 Å². The molecule has 66 heavy (non-hydrogen) atoms. The monoisotopic (exact) mass is 839 g/mol. The van der Waals surface area contributed by atoms with Gasteiger partial charge in [-0.1, -0.05) is 152 Å². The highest BCUT2D eigenvalue weighted by atomic mass is 15.2. The van der Waals surface area contributed by atoms with Crippen molar-refractivity contribution in [3.63, 3.8) is 0 Å². The van der Waals surface area contributed by atoms with Crippen LogP contribution < -0.4 is 9.80 Å². The third-order valence-electron chi connectivity index (χ3n) is 14.0. The summed E-state index contributed by atoms with van der Waals surface area (Å²) < 4.78 is 5.02. The predicted molar refractivity (Wildman–Crippen MR) is 278 cm³/mol. The van der Waals surface area contributed by atoms with Crippen LogP contribution in [0.4, 0.5) is 34.1 Å². The maximum Gasteiger partial charge on any atom is 0.146 e. The Morgan fingerprint density at radius 2 is 0.788 bits per heavy atom. The second kappa shape index (κ2) is 13.3. The van der Waals surface area contributed by atoms with Gasteiger partial charge in [-0.3, -0.25) is 4.40 Å². The van der Waals surface area contributed by atoms with E-state index in [1.165, 1.54) is 64.9 Å². The zero-order chi connectivity index (χ0) is 43.0. The number of fused-ring (bicyclic) bond motifs is 16. The molecule has 5 heterocycles. The number of pyridine rings is 1. The minimum atomic E-state index is 0.958. The number of nitrogens with zero attached hydrogens (tertiary/aromatic N) is 5. The van der Waals surface area contributed by atoms with Crippen LogP contribution in [-0.2, 0) is 0 Å². The van der Waals surface area contributed by atoms with Gasteiger partial charge in [0.25, 0.3) is 0 Å². The molecule has 5 nitrogen and oxygen atoms in total. The zero-order valence-corrected chi connectivity index (χ0v) is 35.6. The molecule has 0 aliphatic carbocycles. The Hall–Kier alpha value is -8.93. The SMILES string of the molecule is c1ccc(N(c2ccccc2)c2cccc3c4cc5ccccc5c5c6nc7c(cc6n(c23)c45)c2cccc3c4c5ccccc5cc(N(c5ccccc5)c5ccccc5)c4n7c23)cc1. The van der Waals surface area contributed by atoms with Crippen LogP contribution in [0.5, 0.6) is 0 Å². The molecule has 5 heteroatoms. The molecule has 15 rings (SSSR count). The van der Waals surface area contributed by atoms with E-state index in [2.05, 4.69) is 243 Å². The number of benzene rings is 10. The minimum Gasteiger partial charge on any atom is -0.308 e. The summed E-state index contributed by atoms with van der Waals surface area (Å²) in [6.45, 7) is 0. The van der Waals surface area contributed by atoms with Gasteiger partial charge in [0.15, 0.2) is 0 Å². The molecular weight excluding hydrogens is 803 g/mol. The molecule has 0 aliphatic heterocycles. The molecule has 0 amide bonds. The molecule has 0 saturated heterocycles. The second-order valence-electron chi connectivity index (χ2n) is 17.5. The summed E-state index contributed by atoms with van der Waals surface area (Å²) in [5.41, 5.74) is 14.4. The number of hydrogen-bond donors (Lipinski definition) is 0. The van der Waals surface area contributed by atoms with Crippen molar-refractivity contribution in [2.75, 3.05) is 9.80 Å². The van der Waals surface area contributed by atoms with Crippen molar-refractivity contribution in [1.82, 2.24) is 13.8 Å². The average molecular weight is 840 g/mol. The first kappa shape index (κ1) is 35.5. The van der Waals surface area contributed by atoms with Crippen molar-refractivity contribution in [2.24, 2.45) is 0 Å². The van der Waals surface area contributed by atoms with E-state index < -0.39 is 0 Å². The zero-order valence-electron chi connectivity index (χ0n) is 35.6. The van der Waals surface area contributed by atoms with Crippen molar-refractivity contribution in [3.8, 4) is 0 Å². The molecule has 15 aromatic rings. The van der Waals surface area contributed by atoms with Crippen molar-refractivity contribution in [2.45, 2.75) is 0 Å². The van der Waals surface area contributed by atoms with Gasteiger partial charge in [0, 0.05) is 60.5 Å². The first-order valence-electron chi connectivity index (χ1n) is 22.6. The van der Waals surface area contributed by atoms with Gasteiger partial charge in [0.05, 0.1) is 44.5 Å². The smallest absolute Gasteiger partial charge is 0.146 e. The molecule has 0 aliphatic rings. The van der Waals surface area contributed by atoms with Gasteiger partial charge in [0.1, 0.15) is 5.65 Å². The minimum absolute atomic E-state index is 0.958. The Labute approximate surface area is 378 Å². The molecular formula is C61H37N5. The Kier molecular flexibility index (Phi) is 7.16. The van der Waals surface area contributed by atoms with Gasteiger partial charge in [-0.2, -0.15) is 0 Å². The van der Waals surface area contributed by atoms with Crippen LogP contribution in [0.1, 0.15) is 0 Å². The largest absolute Gasteiger partial charge is 0.308 e. The lowest BCUT2D eigenvalue weighted by Gasteiger charge is -2.27. The maximum atomic E-state index is 5.99. The average Bonchev–Trinajstić information content (AvgIpc) is 4.11. The lowest BCUT2D eigenvalue weighted by molar-refractivity contribution is 1.25. The first-order chi connectivity index (χ1) is 32.8. The molecule has 10 aromatic carbocycles. The molecule has 0 bridgehead atoms. The van der Waals surface area contributed by atoms with Crippen LogP contribution >= 0.6 is 0 Å². The molecule has 0 saturated carbocycles. The Morgan fingerprint density at radius 1 is 0.303 bits per heavy atom. The fraction of sp³-hybridized carbons (Fsp3) is 0. The number of rotatable bonds is 6. The van der Waals surface area contributed by atoms with Crippen LogP contribution in [0.15, 0.2) is 224 Å².